The van der Waals surface area contributed by atoms with Crippen LogP contribution in [0.25, 0.3) is 0 Å². The summed E-state index contributed by atoms with van der Waals surface area (Å²) in [6, 6.07) is 0. The van der Waals surface area contributed by atoms with Crippen LogP contribution in [0.3, 0.4) is 0 Å². The number of ether oxygens (including phenoxy) is 1. The second-order valence-corrected chi connectivity index (χ2v) is 7.11. The first kappa shape index (κ1) is 16.9. The molecule has 1 fully saturated rings. The fraction of sp³-hybridized carbons (Fsp3) is 1.00. The van der Waals surface area contributed by atoms with Gasteiger partial charge in [-0.1, -0.05) is 27.7 Å². The van der Waals surface area contributed by atoms with E-state index in [0.717, 1.165) is 38.1 Å². The van der Waals surface area contributed by atoms with E-state index in [4.69, 9.17) is 4.74 Å². The summed E-state index contributed by atoms with van der Waals surface area (Å²) in [5.41, 5.74) is 0.0990. The summed E-state index contributed by atoms with van der Waals surface area (Å²) in [6.07, 6.45) is 2.58. The van der Waals surface area contributed by atoms with Gasteiger partial charge in [-0.15, -0.1) is 0 Å². The van der Waals surface area contributed by atoms with Crippen molar-refractivity contribution in [3.8, 4) is 0 Å². The van der Waals surface area contributed by atoms with Crippen LogP contribution in [0.4, 0.5) is 0 Å². The predicted octanol–water partition coefficient (Wildman–Crippen LogP) is 2.76. The number of hydrogen-bond acceptors (Lipinski definition) is 3. The topological polar surface area (TPSA) is 24.5 Å². The lowest BCUT2D eigenvalue weighted by molar-refractivity contribution is -0.0724. The maximum atomic E-state index is 6.01. The van der Waals surface area contributed by atoms with Gasteiger partial charge in [-0.3, -0.25) is 0 Å². The van der Waals surface area contributed by atoms with E-state index in [0.29, 0.717) is 0 Å². The van der Waals surface area contributed by atoms with Gasteiger partial charge in [0.2, 0.25) is 0 Å². The lowest BCUT2D eigenvalue weighted by Gasteiger charge is -2.39. The maximum Gasteiger partial charge on any atom is 0.0902 e. The van der Waals surface area contributed by atoms with Crippen LogP contribution in [0.1, 0.15) is 47.5 Å². The summed E-state index contributed by atoms with van der Waals surface area (Å²) in [7, 11) is 0. The van der Waals surface area contributed by atoms with Gasteiger partial charge in [-0.2, -0.15) is 0 Å². The van der Waals surface area contributed by atoms with Crippen molar-refractivity contribution in [1.82, 2.24) is 10.2 Å². The molecular weight excluding hydrogens is 236 g/mol. The third-order valence-corrected chi connectivity index (χ3v) is 3.90. The Labute approximate surface area is 120 Å². The highest BCUT2D eigenvalue weighted by Gasteiger charge is 2.32. The molecule has 1 rings (SSSR count). The maximum absolute atomic E-state index is 6.01. The van der Waals surface area contributed by atoms with Crippen LogP contribution < -0.4 is 5.32 Å². The molecule has 0 atom stereocenters. The van der Waals surface area contributed by atoms with Gasteiger partial charge in [0, 0.05) is 19.6 Å². The lowest BCUT2D eigenvalue weighted by atomic mass is 10.0. The van der Waals surface area contributed by atoms with Crippen molar-refractivity contribution >= 4 is 0 Å². The van der Waals surface area contributed by atoms with E-state index in [2.05, 4.69) is 44.8 Å². The average Bonchev–Trinajstić information content (AvgIpc) is 2.29. The summed E-state index contributed by atoms with van der Waals surface area (Å²) >= 11 is 0. The standard InChI is InChI=1S/C16H34N2O/c1-14(2)6-8-18(9-7-15(3)4)10-11-19-16(5)12-17-13-16/h14-15,17H,6-13H2,1-5H3. The molecule has 0 aromatic rings. The van der Waals surface area contributed by atoms with Crippen molar-refractivity contribution in [3.05, 3.63) is 0 Å². The molecule has 19 heavy (non-hydrogen) atoms. The zero-order valence-corrected chi connectivity index (χ0v) is 13.7. The molecule has 0 spiro atoms. The summed E-state index contributed by atoms with van der Waals surface area (Å²) < 4.78 is 6.01. The van der Waals surface area contributed by atoms with E-state index in [1.54, 1.807) is 0 Å². The Hall–Kier alpha value is -0.120. The van der Waals surface area contributed by atoms with Crippen molar-refractivity contribution in [1.29, 1.82) is 0 Å². The van der Waals surface area contributed by atoms with Gasteiger partial charge < -0.3 is 15.0 Å². The van der Waals surface area contributed by atoms with Crippen LogP contribution in [0.5, 0.6) is 0 Å². The first-order chi connectivity index (χ1) is 8.91. The predicted molar refractivity (Wildman–Crippen MR) is 82.6 cm³/mol. The van der Waals surface area contributed by atoms with Crippen molar-refractivity contribution in [2.75, 3.05) is 39.3 Å². The van der Waals surface area contributed by atoms with E-state index in [9.17, 15) is 0 Å². The highest BCUT2D eigenvalue weighted by molar-refractivity contribution is 4.90. The normalized spacial score (nSPS) is 18.3. The SMILES string of the molecule is CC(C)CCN(CCOC1(C)CNC1)CCC(C)C. The molecule has 0 amide bonds. The Morgan fingerprint density at radius 2 is 1.53 bits per heavy atom. The first-order valence-corrected chi connectivity index (χ1v) is 7.98. The molecule has 1 aliphatic heterocycles. The zero-order chi connectivity index (χ0) is 14.3. The molecule has 3 nitrogen and oxygen atoms in total. The van der Waals surface area contributed by atoms with Crippen molar-refractivity contribution in [2.45, 2.75) is 53.1 Å². The number of nitrogens with one attached hydrogen (secondary N) is 1. The molecule has 1 aliphatic rings. The van der Waals surface area contributed by atoms with E-state index >= 15 is 0 Å². The summed E-state index contributed by atoms with van der Waals surface area (Å²) in [5, 5.41) is 3.28. The van der Waals surface area contributed by atoms with Gasteiger partial charge in [-0.25, -0.2) is 0 Å². The van der Waals surface area contributed by atoms with Gasteiger partial charge in [0.25, 0.3) is 0 Å². The zero-order valence-electron chi connectivity index (χ0n) is 13.7. The number of rotatable bonds is 10. The quantitative estimate of drug-likeness (QED) is 0.660. The third-order valence-electron chi connectivity index (χ3n) is 3.90. The van der Waals surface area contributed by atoms with Crippen molar-refractivity contribution in [2.24, 2.45) is 11.8 Å². The van der Waals surface area contributed by atoms with E-state index in [1.165, 1.54) is 25.9 Å². The van der Waals surface area contributed by atoms with Crippen LogP contribution in [-0.4, -0.2) is 49.8 Å². The average molecular weight is 270 g/mol. The molecule has 0 saturated carbocycles. The van der Waals surface area contributed by atoms with Gasteiger partial charge in [0.1, 0.15) is 0 Å². The molecule has 114 valence electrons. The van der Waals surface area contributed by atoms with Crippen LogP contribution in [0.2, 0.25) is 0 Å². The highest BCUT2D eigenvalue weighted by atomic mass is 16.5. The Balaban J connectivity index is 2.22. The van der Waals surface area contributed by atoms with Gasteiger partial charge in [0.05, 0.1) is 12.2 Å². The molecule has 1 saturated heterocycles. The summed E-state index contributed by atoms with van der Waals surface area (Å²) in [6.45, 7) is 17.8. The van der Waals surface area contributed by atoms with Crippen LogP contribution in [0.15, 0.2) is 0 Å². The number of hydrogen-bond donors (Lipinski definition) is 1. The van der Waals surface area contributed by atoms with Gasteiger partial charge >= 0.3 is 0 Å². The van der Waals surface area contributed by atoms with Crippen LogP contribution in [0, 0.1) is 11.8 Å². The molecule has 3 heteroatoms. The monoisotopic (exact) mass is 270 g/mol. The fourth-order valence-corrected chi connectivity index (χ4v) is 2.22. The van der Waals surface area contributed by atoms with E-state index in [1.807, 2.05) is 0 Å². The molecule has 0 unspecified atom stereocenters. The smallest absolute Gasteiger partial charge is 0.0902 e. The van der Waals surface area contributed by atoms with Crippen molar-refractivity contribution < 1.29 is 4.74 Å². The molecule has 1 heterocycles. The second-order valence-electron chi connectivity index (χ2n) is 7.11. The molecule has 0 aromatic heterocycles. The van der Waals surface area contributed by atoms with E-state index in [-0.39, 0.29) is 5.60 Å². The van der Waals surface area contributed by atoms with Gasteiger partial charge in [0.15, 0.2) is 0 Å². The Morgan fingerprint density at radius 3 is 1.89 bits per heavy atom. The molecule has 0 radical (unpaired) electrons. The minimum absolute atomic E-state index is 0.0990. The van der Waals surface area contributed by atoms with Crippen LogP contribution in [-0.2, 0) is 4.74 Å². The molecule has 0 aromatic carbocycles. The third kappa shape index (κ3) is 7.28. The first-order valence-electron chi connectivity index (χ1n) is 7.98. The minimum Gasteiger partial charge on any atom is -0.371 e. The Kier molecular flexibility index (Phi) is 7.33. The summed E-state index contributed by atoms with van der Waals surface area (Å²) in [5.74, 6) is 1.58. The highest BCUT2D eigenvalue weighted by Crippen LogP contribution is 2.15. The van der Waals surface area contributed by atoms with Gasteiger partial charge in [-0.05, 0) is 44.7 Å². The number of nitrogens with zero attached hydrogens (tertiary/aromatic N) is 1. The Bertz CT molecular complexity index is 225. The largest absolute Gasteiger partial charge is 0.371 e. The van der Waals surface area contributed by atoms with Crippen LogP contribution >= 0.6 is 0 Å². The molecule has 0 bridgehead atoms. The summed E-state index contributed by atoms with van der Waals surface area (Å²) in [4.78, 5) is 2.58. The Morgan fingerprint density at radius 1 is 1.00 bits per heavy atom. The molecular formula is C16H34N2O. The second kappa shape index (κ2) is 8.23. The van der Waals surface area contributed by atoms with E-state index < -0.39 is 0 Å². The lowest BCUT2D eigenvalue weighted by Crippen LogP contribution is -2.59. The van der Waals surface area contributed by atoms with Crippen molar-refractivity contribution in [3.63, 3.8) is 0 Å². The fourth-order valence-electron chi connectivity index (χ4n) is 2.22. The molecule has 1 N–H and O–H groups in total. The minimum atomic E-state index is 0.0990. The molecule has 0 aliphatic carbocycles.